The molecule has 0 radical (unpaired) electrons. The van der Waals surface area contributed by atoms with E-state index in [9.17, 15) is 13.6 Å². The first-order chi connectivity index (χ1) is 9.40. The second-order valence-corrected chi connectivity index (χ2v) is 5.74. The lowest BCUT2D eigenvalue weighted by molar-refractivity contribution is 0.0984. The molecule has 0 N–H and O–H groups in total. The Labute approximate surface area is 132 Å². The van der Waals surface area contributed by atoms with Crippen LogP contribution in [0.15, 0.2) is 34.8 Å². The first-order valence-corrected chi connectivity index (χ1v) is 7.05. The third-order valence-corrected chi connectivity index (χ3v) is 4.02. The Bertz CT molecular complexity index is 689. The predicted octanol–water partition coefficient (Wildman–Crippen LogP) is 5.46. The van der Waals surface area contributed by atoms with Crippen LogP contribution in [0.4, 0.5) is 8.78 Å². The Kier molecular flexibility index (Phi) is 4.78. The van der Waals surface area contributed by atoms with Crippen molar-refractivity contribution >= 4 is 44.9 Å². The van der Waals surface area contributed by atoms with Gasteiger partial charge >= 0.3 is 0 Å². The minimum absolute atomic E-state index is 0.0383. The first kappa shape index (κ1) is 15.4. The highest BCUT2D eigenvalue weighted by Crippen LogP contribution is 2.25. The van der Waals surface area contributed by atoms with Gasteiger partial charge in [0, 0.05) is 6.42 Å². The smallest absolute Gasteiger partial charge is 0.173 e. The fourth-order valence-corrected chi connectivity index (χ4v) is 2.36. The van der Waals surface area contributed by atoms with Crippen molar-refractivity contribution in [3.05, 3.63) is 67.6 Å². The Hall–Kier alpha value is -0.970. The Morgan fingerprint density at radius 2 is 1.80 bits per heavy atom. The molecule has 20 heavy (non-hydrogen) atoms. The summed E-state index contributed by atoms with van der Waals surface area (Å²) in [6, 6.07) is 6.85. The molecule has 0 saturated heterocycles. The molecule has 104 valence electrons. The van der Waals surface area contributed by atoms with Gasteiger partial charge in [-0.05, 0) is 45.8 Å². The molecule has 0 aromatic heterocycles. The third kappa shape index (κ3) is 3.19. The van der Waals surface area contributed by atoms with Gasteiger partial charge in [0.25, 0.3) is 0 Å². The highest BCUT2D eigenvalue weighted by Gasteiger charge is 2.20. The molecule has 0 atom stereocenters. The highest BCUT2D eigenvalue weighted by atomic mass is 79.9. The lowest BCUT2D eigenvalue weighted by atomic mass is 10.0. The zero-order chi connectivity index (χ0) is 14.9. The van der Waals surface area contributed by atoms with E-state index in [0.717, 1.165) is 6.07 Å². The molecule has 1 nitrogen and oxygen atoms in total. The summed E-state index contributed by atoms with van der Waals surface area (Å²) >= 11 is 14.5. The second kappa shape index (κ2) is 6.20. The molecular formula is C14H7BrCl2F2O. The van der Waals surface area contributed by atoms with Crippen LogP contribution in [0.2, 0.25) is 10.0 Å². The molecule has 0 aliphatic carbocycles. The molecule has 2 rings (SSSR count). The van der Waals surface area contributed by atoms with Gasteiger partial charge in [-0.15, -0.1) is 0 Å². The van der Waals surface area contributed by atoms with Gasteiger partial charge in [0.2, 0.25) is 0 Å². The molecule has 0 fully saturated rings. The van der Waals surface area contributed by atoms with Crippen LogP contribution in [0.1, 0.15) is 15.9 Å². The average molecular weight is 380 g/mol. The van der Waals surface area contributed by atoms with Crippen molar-refractivity contribution in [3.63, 3.8) is 0 Å². The summed E-state index contributed by atoms with van der Waals surface area (Å²) in [7, 11) is 0. The standard InChI is InChI=1S/C14H7BrCl2F2O/c15-8-2-4-11(18)13(14(8)19)12(20)6-7-1-3-9(16)10(17)5-7/h1-5H,6H2. The zero-order valence-corrected chi connectivity index (χ0v) is 13.0. The molecule has 2 aromatic rings. The van der Waals surface area contributed by atoms with Crippen LogP contribution in [0.25, 0.3) is 0 Å². The van der Waals surface area contributed by atoms with E-state index in [1.807, 2.05) is 0 Å². The minimum atomic E-state index is -0.907. The number of rotatable bonds is 3. The predicted molar refractivity (Wildman–Crippen MR) is 78.6 cm³/mol. The van der Waals surface area contributed by atoms with Crippen LogP contribution in [0, 0.1) is 11.6 Å². The van der Waals surface area contributed by atoms with Crippen molar-refractivity contribution in [1.29, 1.82) is 0 Å². The van der Waals surface area contributed by atoms with Crippen LogP contribution in [-0.2, 0) is 6.42 Å². The zero-order valence-electron chi connectivity index (χ0n) is 9.89. The number of halogens is 5. The molecule has 0 aliphatic heterocycles. The van der Waals surface area contributed by atoms with Crippen molar-refractivity contribution in [2.45, 2.75) is 6.42 Å². The number of carbonyl (C=O) groups is 1. The number of carbonyl (C=O) groups excluding carboxylic acids is 1. The summed E-state index contributed by atoms with van der Waals surface area (Å²) in [5, 5.41) is 0.634. The van der Waals surface area contributed by atoms with Crippen molar-refractivity contribution in [2.75, 3.05) is 0 Å². The molecule has 0 aliphatic rings. The van der Waals surface area contributed by atoms with Crippen LogP contribution >= 0.6 is 39.1 Å². The number of Topliss-reactive ketones (excluding diaryl/α,β-unsaturated/α-hetero) is 1. The Balaban J connectivity index is 2.33. The summed E-state index contributed by atoms with van der Waals surface area (Å²) in [6.07, 6.45) is -0.165. The summed E-state index contributed by atoms with van der Waals surface area (Å²) in [6.45, 7) is 0. The van der Waals surface area contributed by atoms with Crippen LogP contribution < -0.4 is 0 Å². The topological polar surface area (TPSA) is 17.1 Å². The molecule has 0 amide bonds. The van der Waals surface area contributed by atoms with Crippen LogP contribution in [-0.4, -0.2) is 5.78 Å². The summed E-state index contributed by atoms with van der Waals surface area (Å²) in [5.74, 6) is -2.47. The van der Waals surface area contributed by atoms with Crippen molar-refractivity contribution in [2.24, 2.45) is 0 Å². The normalized spacial score (nSPS) is 10.7. The molecule has 0 bridgehead atoms. The van der Waals surface area contributed by atoms with Gasteiger partial charge < -0.3 is 0 Å². The van der Waals surface area contributed by atoms with Crippen LogP contribution in [0.3, 0.4) is 0 Å². The van der Waals surface area contributed by atoms with Gasteiger partial charge in [0.15, 0.2) is 11.6 Å². The van der Waals surface area contributed by atoms with Crippen molar-refractivity contribution < 1.29 is 13.6 Å². The molecule has 6 heteroatoms. The fraction of sp³-hybridized carbons (Fsp3) is 0.0714. The fourth-order valence-electron chi connectivity index (χ4n) is 1.71. The summed E-state index contributed by atoms with van der Waals surface area (Å²) in [4.78, 5) is 12.0. The maximum Gasteiger partial charge on any atom is 0.173 e. The number of benzene rings is 2. The Morgan fingerprint density at radius 1 is 1.10 bits per heavy atom. The lowest BCUT2D eigenvalue weighted by Gasteiger charge is -2.06. The van der Waals surface area contributed by atoms with Crippen LogP contribution in [0.5, 0.6) is 0 Å². The summed E-state index contributed by atoms with van der Waals surface area (Å²) < 4.78 is 27.4. The van der Waals surface area contributed by atoms with E-state index < -0.39 is 23.0 Å². The third-order valence-electron chi connectivity index (χ3n) is 2.67. The maximum atomic E-state index is 13.8. The molecule has 0 heterocycles. The highest BCUT2D eigenvalue weighted by molar-refractivity contribution is 9.10. The van der Waals surface area contributed by atoms with Gasteiger partial charge in [-0.2, -0.15) is 0 Å². The molecule has 0 unspecified atom stereocenters. The van der Waals surface area contributed by atoms with Gasteiger partial charge in [0.1, 0.15) is 5.82 Å². The molecular weight excluding hydrogens is 373 g/mol. The monoisotopic (exact) mass is 378 g/mol. The number of hydrogen-bond donors (Lipinski definition) is 0. The van der Waals surface area contributed by atoms with E-state index in [1.54, 1.807) is 6.07 Å². The Morgan fingerprint density at radius 3 is 2.45 bits per heavy atom. The first-order valence-electron chi connectivity index (χ1n) is 5.50. The van der Waals surface area contributed by atoms with E-state index in [-0.39, 0.29) is 15.9 Å². The van der Waals surface area contributed by atoms with E-state index in [4.69, 9.17) is 23.2 Å². The quantitative estimate of drug-likeness (QED) is 0.511. The van der Waals surface area contributed by atoms with Gasteiger partial charge in [-0.25, -0.2) is 8.78 Å². The summed E-state index contributed by atoms with van der Waals surface area (Å²) in [5.41, 5.74) is -0.0337. The van der Waals surface area contributed by atoms with Crippen molar-refractivity contribution in [1.82, 2.24) is 0 Å². The van der Waals surface area contributed by atoms with Gasteiger partial charge in [-0.1, -0.05) is 29.3 Å². The van der Waals surface area contributed by atoms with E-state index in [1.165, 1.54) is 18.2 Å². The second-order valence-electron chi connectivity index (χ2n) is 4.07. The van der Waals surface area contributed by atoms with Gasteiger partial charge in [0.05, 0.1) is 20.1 Å². The van der Waals surface area contributed by atoms with E-state index in [0.29, 0.717) is 10.6 Å². The molecule has 0 spiro atoms. The van der Waals surface area contributed by atoms with E-state index >= 15 is 0 Å². The molecule has 2 aromatic carbocycles. The van der Waals surface area contributed by atoms with Crippen molar-refractivity contribution in [3.8, 4) is 0 Å². The maximum absolute atomic E-state index is 13.8. The van der Waals surface area contributed by atoms with Gasteiger partial charge in [-0.3, -0.25) is 4.79 Å². The number of ketones is 1. The largest absolute Gasteiger partial charge is 0.294 e. The minimum Gasteiger partial charge on any atom is -0.294 e. The average Bonchev–Trinajstić information content (AvgIpc) is 2.39. The molecule has 0 saturated carbocycles. The SMILES string of the molecule is O=C(Cc1ccc(Cl)c(Cl)c1)c1c(F)ccc(Br)c1F. The number of hydrogen-bond acceptors (Lipinski definition) is 1. The lowest BCUT2D eigenvalue weighted by Crippen LogP contribution is -2.09. The van der Waals surface area contributed by atoms with E-state index in [2.05, 4.69) is 15.9 Å².